The molecular weight excluding hydrogens is 393 g/mol. The summed E-state index contributed by atoms with van der Waals surface area (Å²) in [5, 5.41) is 9.17. The van der Waals surface area contributed by atoms with Crippen LogP contribution in [-0.4, -0.2) is 16.7 Å². The summed E-state index contributed by atoms with van der Waals surface area (Å²) in [6, 6.07) is 18.9. The lowest BCUT2D eigenvalue weighted by molar-refractivity contribution is 0.305. The molecule has 0 bridgehead atoms. The molecule has 2 nitrogen and oxygen atoms in total. The smallest absolute Gasteiger partial charge is 0.123 e. The van der Waals surface area contributed by atoms with Crippen LogP contribution in [0.2, 0.25) is 0 Å². The summed E-state index contributed by atoms with van der Waals surface area (Å²) < 4.78 is 13.6. The van der Waals surface area contributed by atoms with Gasteiger partial charge in [-0.15, -0.1) is 11.3 Å². The molecule has 4 aromatic rings. The minimum Gasteiger partial charge on any atom is -0.395 e. The zero-order valence-electron chi connectivity index (χ0n) is 16.5. The molecule has 0 radical (unpaired) electrons. The Balaban J connectivity index is 2.04. The first-order chi connectivity index (χ1) is 14.7. The van der Waals surface area contributed by atoms with Crippen LogP contribution in [0.4, 0.5) is 4.39 Å². The number of pyridine rings is 1. The van der Waals surface area contributed by atoms with Gasteiger partial charge in [-0.2, -0.15) is 0 Å². The maximum atomic E-state index is 13.6. The van der Waals surface area contributed by atoms with Gasteiger partial charge in [-0.3, -0.25) is 4.98 Å². The number of rotatable bonds is 4. The van der Waals surface area contributed by atoms with Crippen molar-refractivity contribution in [3.05, 3.63) is 89.3 Å². The first-order valence-electron chi connectivity index (χ1n) is 9.67. The molecule has 0 atom stereocenters. The average molecular weight is 414 g/mol. The molecule has 4 heteroatoms. The van der Waals surface area contributed by atoms with Gasteiger partial charge < -0.3 is 5.11 Å². The van der Waals surface area contributed by atoms with Crippen LogP contribution >= 0.6 is 11.3 Å². The van der Waals surface area contributed by atoms with Crippen LogP contribution < -0.4 is 0 Å². The van der Waals surface area contributed by atoms with Crippen molar-refractivity contribution >= 4 is 11.3 Å². The molecule has 0 unspecified atom stereocenters. The molecule has 1 N–H and O–H groups in total. The van der Waals surface area contributed by atoms with Gasteiger partial charge in [0.15, 0.2) is 0 Å². The fraction of sp³-hybridized carbons (Fsp3) is 0.115. The predicted octanol–water partition coefficient (Wildman–Crippen LogP) is 6.33. The number of aliphatic hydroxyl groups is 1. The zero-order chi connectivity index (χ0) is 20.9. The summed E-state index contributed by atoms with van der Waals surface area (Å²) >= 11 is 1.59. The fourth-order valence-corrected chi connectivity index (χ4v) is 4.62. The van der Waals surface area contributed by atoms with Crippen LogP contribution in [0.3, 0.4) is 0 Å². The largest absolute Gasteiger partial charge is 0.395 e. The number of hydrogen-bond acceptors (Lipinski definition) is 3. The van der Waals surface area contributed by atoms with Crippen molar-refractivity contribution in [1.29, 1.82) is 0 Å². The number of benzene rings is 2. The Kier molecular flexibility index (Phi) is 6.04. The van der Waals surface area contributed by atoms with Crippen LogP contribution in [0.5, 0.6) is 0 Å². The number of thiophene rings is 1. The molecule has 0 amide bonds. The van der Waals surface area contributed by atoms with E-state index in [-0.39, 0.29) is 12.4 Å². The van der Waals surface area contributed by atoms with Gasteiger partial charge in [0.1, 0.15) is 5.82 Å². The van der Waals surface area contributed by atoms with Gasteiger partial charge in [0.25, 0.3) is 0 Å². The molecule has 0 fully saturated rings. The number of hydrogen-bond donors (Lipinski definition) is 1. The maximum Gasteiger partial charge on any atom is 0.123 e. The third-order valence-electron chi connectivity index (χ3n) is 4.73. The Morgan fingerprint density at radius 1 is 0.933 bits per heavy atom. The van der Waals surface area contributed by atoms with Gasteiger partial charge in [-0.25, -0.2) is 4.39 Å². The van der Waals surface area contributed by atoms with E-state index in [0.717, 1.165) is 43.1 Å². The molecule has 2 aromatic carbocycles. The van der Waals surface area contributed by atoms with Crippen LogP contribution in [-0.2, 0) is 0 Å². The van der Waals surface area contributed by atoms with Gasteiger partial charge in [0, 0.05) is 34.8 Å². The summed E-state index contributed by atoms with van der Waals surface area (Å²) in [5.41, 5.74) is 6.34. The van der Waals surface area contributed by atoms with E-state index in [1.54, 1.807) is 35.9 Å². The molecule has 148 valence electrons. The standard InChI is InChI=1S/C26H20FNOS/c1-18-5-4-6-21(17-18)24-23(7-2-3-16-29)30-26(20-8-10-22(27)11-9-20)25(24)19-12-14-28-15-13-19/h4-6,8-15,17,29H,3,16H2,1H3. The molecule has 30 heavy (non-hydrogen) atoms. The lowest BCUT2D eigenvalue weighted by Crippen LogP contribution is -1.87. The first-order valence-corrected chi connectivity index (χ1v) is 10.5. The second-order valence-corrected chi connectivity index (χ2v) is 7.92. The van der Waals surface area contributed by atoms with Crippen molar-refractivity contribution in [2.75, 3.05) is 6.61 Å². The SMILES string of the molecule is Cc1cccc(-c2c(C#CCCO)sc(-c3ccc(F)cc3)c2-c2ccncc2)c1. The topological polar surface area (TPSA) is 33.1 Å². The summed E-state index contributed by atoms with van der Waals surface area (Å²) in [6.07, 6.45) is 3.97. The van der Waals surface area contributed by atoms with Crippen molar-refractivity contribution < 1.29 is 9.50 Å². The van der Waals surface area contributed by atoms with Gasteiger partial charge in [-0.1, -0.05) is 53.8 Å². The molecule has 0 aliphatic heterocycles. The Labute approximate surface area is 179 Å². The van der Waals surface area contributed by atoms with Gasteiger partial charge in [-0.05, 0) is 47.9 Å². The summed E-state index contributed by atoms with van der Waals surface area (Å²) in [5.74, 6) is 6.07. The number of aromatic nitrogens is 1. The van der Waals surface area contributed by atoms with Gasteiger partial charge >= 0.3 is 0 Å². The quantitative estimate of drug-likeness (QED) is 0.397. The van der Waals surface area contributed by atoms with E-state index in [0.29, 0.717) is 6.42 Å². The number of aryl methyl sites for hydroxylation is 1. The fourth-order valence-electron chi connectivity index (χ4n) is 3.39. The molecule has 2 aromatic heterocycles. The average Bonchev–Trinajstić information content (AvgIpc) is 3.14. The van der Waals surface area contributed by atoms with E-state index in [2.05, 4.69) is 41.9 Å². The van der Waals surface area contributed by atoms with Crippen molar-refractivity contribution in [3.63, 3.8) is 0 Å². The monoisotopic (exact) mass is 413 g/mol. The number of halogens is 1. The van der Waals surface area contributed by atoms with Crippen LogP contribution in [0, 0.1) is 24.6 Å². The molecular formula is C26H20FNOS. The minimum absolute atomic E-state index is 0.0280. The Hall–Kier alpha value is -3.26. The van der Waals surface area contributed by atoms with E-state index in [1.165, 1.54) is 12.1 Å². The highest BCUT2D eigenvalue weighted by molar-refractivity contribution is 7.17. The Bertz CT molecular complexity index is 1220. The maximum absolute atomic E-state index is 13.6. The Morgan fingerprint density at radius 2 is 1.70 bits per heavy atom. The van der Waals surface area contributed by atoms with Crippen LogP contribution in [0.25, 0.3) is 32.7 Å². The summed E-state index contributed by atoms with van der Waals surface area (Å²) in [4.78, 5) is 6.13. The molecule has 0 spiro atoms. The summed E-state index contributed by atoms with van der Waals surface area (Å²) in [6.45, 7) is 2.10. The van der Waals surface area contributed by atoms with E-state index in [4.69, 9.17) is 5.11 Å². The molecule has 0 aliphatic rings. The second-order valence-electron chi connectivity index (χ2n) is 6.90. The van der Waals surface area contributed by atoms with E-state index >= 15 is 0 Å². The number of nitrogens with zero attached hydrogens (tertiary/aromatic N) is 1. The zero-order valence-corrected chi connectivity index (χ0v) is 17.3. The van der Waals surface area contributed by atoms with Crippen molar-refractivity contribution in [1.82, 2.24) is 4.98 Å². The third-order valence-corrected chi connectivity index (χ3v) is 5.88. The summed E-state index contributed by atoms with van der Waals surface area (Å²) in [7, 11) is 0. The molecule has 4 rings (SSSR count). The molecule has 0 aliphatic carbocycles. The highest BCUT2D eigenvalue weighted by Gasteiger charge is 2.21. The van der Waals surface area contributed by atoms with E-state index < -0.39 is 0 Å². The first kappa shape index (κ1) is 20.0. The van der Waals surface area contributed by atoms with Gasteiger partial charge in [0.2, 0.25) is 0 Å². The van der Waals surface area contributed by atoms with Crippen molar-refractivity contribution in [3.8, 4) is 44.5 Å². The highest BCUT2D eigenvalue weighted by atomic mass is 32.1. The lowest BCUT2D eigenvalue weighted by atomic mass is 9.93. The predicted molar refractivity (Wildman–Crippen MR) is 122 cm³/mol. The normalized spacial score (nSPS) is 10.5. The van der Waals surface area contributed by atoms with E-state index in [9.17, 15) is 4.39 Å². The van der Waals surface area contributed by atoms with Crippen molar-refractivity contribution in [2.45, 2.75) is 13.3 Å². The van der Waals surface area contributed by atoms with Crippen molar-refractivity contribution in [2.24, 2.45) is 0 Å². The van der Waals surface area contributed by atoms with Crippen LogP contribution in [0.1, 0.15) is 16.9 Å². The molecule has 0 saturated carbocycles. The number of aliphatic hydroxyl groups excluding tert-OH is 1. The molecule has 0 saturated heterocycles. The van der Waals surface area contributed by atoms with Gasteiger partial charge in [0.05, 0.1) is 11.5 Å². The highest BCUT2D eigenvalue weighted by Crippen LogP contribution is 2.47. The van der Waals surface area contributed by atoms with E-state index in [1.807, 2.05) is 18.2 Å². The third kappa shape index (κ3) is 4.18. The van der Waals surface area contributed by atoms with Crippen LogP contribution in [0.15, 0.2) is 73.1 Å². The Morgan fingerprint density at radius 3 is 2.40 bits per heavy atom. The molecule has 2 heterocycles. The second kappa shape index (κ2) is 9.04. The lowest BCUT2D eigenvalue weighted by Gasteiger charge is -2.10. The minimum atomic E-state index is -0.261.